The molecule has 6 aliphatic rings. The van der Waals surface area contributed by atoms with Crippen molar-refractivity contribution in [1.82, 2.24) is 4.98 Å². The quantitative estimate of drug-likeness (QED) is 0.303. The van der Waals surface area contributed by atoms with Gasteiger partial charge in [-0.15, -0.1) is 0 Å². The molecule has 8 rings (SSSR count). The monoisotopic (exact) mass is 661 g/mol. The van der Waals surface area contributed by atoms with Crippen molar-refractivity contribution < 1.29 is 42.9 Å². The third kappa shape index (κ3) is 5.15. The number of carbonyl (C=O) groups is 3. The first kappa shape index (κ1) is 31.5. The molecule has 256 valence electrons. The van der Waals surface area contributed by atoms with Crippen molar-refractivity contribution in [2.75, 3.05) is 6.61 Å². The minimum absolute atomic E-state index is 0.0160. The van der Waals surface area contributed by atoms with Gasteiger partial charge in [-0.1, -0.05) is 13.8 Å². The molecule has 11 heteroatoms. The topological polar surface area (TPSA) is 151 Å². The van der Waals surface area contributed by atoms with Crippen molar-refractivity contribution in [3.8, 4) is 17.1 Å². The van der Waals surface area contributed by atoms with E-state index in [1.807, 2.05) is 13.8 Å². The third-order valence-corrected chi connectivity index (χ3v) is 12.3. The fourth-order valence-corrected chi connectivity index (χ4v) is 9.15. The average Bonchev–Trinajstić information content (AvgIpc) is 3.89. The second-order valence-corrected chi connectivity index (χ2v) is 15.7. The van der Waals surface area contributed by atoms with Crippen LogP contribution in [-0.2, 0) is 28.6 Å². The highest BCUT2D eigenvalue weighted by molar-refractivity contribution is 5.76. The fourth-order valence-electron chi connectivity index (χ4n) is 9.15. The lowest BCUT2D eigenvalue weighted by molar-refractivity contribution is -0.272. The van der Waals surface area contributed by atoms with Crippen molar-refractivity contribution >= 4 is 17.9 Å². The molecule has 1 N–H and O–H groups in total. The smallest absolute Gasteiger partial charge is 0.345 e. The highest BCUT2D eigenvalue weighted by Crippen LogP contribution is 2.68. The van der Waals surface area contributed by atoms with E-state index in [0.29, 0.717) is 24.8 Å². The normalized spacial score (nSPS) is 36.8. The van der Waals surface area contributed by atoms with Crippen LogP contribution < -0.4 is 10.4 Å². The third-order valence-electron chi connectivity index (χ3n) is 12.3. The molecule has 8 atom stereocenters. The van der Waals surface area contributed by atoms with Crippen LogP contribution in [0.25, 0.3) is 11.3 Å². The number of carbonyl (C=O) groups excluding carboxylic acids is 3. The van der Waals surface area contributed by atoms with Gasteiger partial charge >= 0.3 is 23.5 Å². The summed E-state index contributed by atoms with van der Waals surface area (Å²) in [6.07, 6.45) is 6.52. The Balaban J connectivity index is 1.22. The zero-order valence-corrected chi connectivity index (χ0v) is 27.6. The minimum Gasteiger partial charge on any atom is -0.482 e. The number of ether oxygens (including phenoxy) is 4. The lowest BCUT2D eigenvalue weighted by atomic mass is 9.42. The van der Waals surface area contributed by atoms with Crippen molar-refractivity contribution in [1.29, 1.82) is 0 Å². The van der Waals surface area contributed by atoms with Crippen molar-refractivity contribution in [3.05, 3.63) is 46.6 Å². The van der Waals surface area contributed by atoms with Crippen LogP contribution in [0.4, 0.5) is 0 Å². The Bertz CT molecular complexity index is 1700. The lowest BCUT2D eigenvalue weighted by Gasteiger charge is -2.66. The molecule has 11 nitrogen and oxygen atoms in total. The summed E-state index contributed by atoms with van der Waals surface area (Å²) in [6, 6.07) is 5.09. The van der Waals surface area contributed by atoms with Crippen LogP contribution in [0.2, 0.25) is 0 Å². The second-order valence-electron chi connectivity index (χ2n) is 15.7. The maximum atomic E-state index is 13.7. The summed E-state index contributed by atoms with van der Waals surface area (Å²) in [5.74, 6) is -1.87. The summed E-state index contributed by atoms with van der Waals surface area (Å²) in [4.78, 5) is 57.1. The number of aliphatic hydroxyl groups excluding tert-OH is 1. The first-order chi connectivity index (χ1) is 22.9. The molecule has 2 aromatic rings. The molecule has 0 spiro atoms. The van der Waals surface area contributed by atoms with E-state index in [0.717, 1.165) is 38.5 Å². The summed E-state index contributed by atoms with van der Waals surface area (Å²) in [6.45, 7) is 5.93. The Labute approximate surface area is 278 Å². The van der Waals surface area contributed by atoms with Gasteiger partial charge in [0.15, 0.2) is 0 Å². The van der Waals surface area contributed by atoms with Gasteiger partial charge in [-0.2, -0.15) is 0 Å². The Morgan fingerprint density at radius 3 is 2.21 bits per heavy atom. The van der Waals surface area contributed by atoms with E-state index in [4.69, 9.17) is 23.4 Å². The Morgan fingerprint density at radius 1 is 0.938 bits per heavy atom. The van der Waals surface area contributed by atoms with Crippen LogP contribution in [0.1, 0.15) is 90.2 Å². The molecular weight excluding hydrogens is 618 g/mol. The predicted molar refractivity (Wildman–Crippen MR) is 168 cm³/mol. The number of nitrogens with zero attached hydrogens (tertiary/aromatic N) is 1. The van der Waals surface area contributed by atoms with Crippen LogP contribution in [0.5, 0.6) is 5.75 Å². The van der Waals surface area contributed by atoms with Gasteiger partial charge in [0.1, 0.15) is 41.5 Å². The summed E-state index contributed by atoms with van der Waals surface area (Å²) in [5.41, 5.74) is -2.94. The largest absolute Gasteiger partial charge is 0.482 e. The van der Waals surface area contributed by atoms with Gasteiger partial charge in [0, 0.05) is 35.4 Å². The summed E-state index contributed by atoms with van der Waals surface area (Å²) in [7, 11) is 0. The van der Waals surface area contributed by atoms with Crippen LogP contribution in [0, 0.1) is 40.4 Å². The number of fused-ring (bicyclic) bond motifs is 4. The molecule has 5 fully saturated rings. The van der Waals surface area contributed by atoms with E-state index < -0.39 is 46.3 Å². The zero-order valence-electron chi connectivity index (χ0n) is 27.6. The van der Waals surface area contributed by atoms with E-state index in [9.17, 15) is 24.3 Å². The number of rotatable bonds is 8. The van der Waals surface area contributed by atoms with Gasteiger partial charge in [-0.25, -0.2) is 4.79 Å². The maximum absolute atomic E-state index is 13.7. The molecule has 0 aromatic carbocycles. The van der Waals surface area contributed by atoms with E-state index in [-0.39, 0.29) is 65.3 Å². The minimum atomic E-state index is -1.32. The van der Waals surface area contributed by atoms with E-state index in [2.05, 4.69) is 11.9 Å². The molecule has 1 aliphatic heterocycles. The predicted octanol–water partition coefficient (Wildman–Crippen LogP) is 4.93. The molecule has 3 heterocycles. The molecular formula is C37H43NO10. The molecule has 48 heavy (non-hydrogen) atoms. The standard InChI is InChI=1S/C37H43NO10/c1-35-13-12-26(46-32(41)20-8-9-20)36(2,18-44-31(40)19-6-7-19)25(35)16-27(47-33(42)21-10-11-21)37(3)30(35)29(39)28-24(48-37)15-23(45-34(28)43)22-5-4-14-38-17-22/h4-5,14-15,17,19-21,25-27,29-30,39H,6-13,16,18H2,1-3H3/t25?,26-,27-,29-,30?,35-,36?,37+/m0/s1. The van der Waals surface area contributed by atoms with Crippen LogP contribution >= 0.6 is 0 Å². The Kier molecular flexibility index (Phi) is 7.32. The zero-order chi connectivity index (χ0) is 33.6. The number of aromatic nitrogens is 1. The van der Waals surface area contributed by atoms with E-state index in [1.54, 1.807) is 30.6 Å². The van der Waals surface area contributed by atoms with Crippen molar-refractivity contribution in [3.63, 3.8) is 0 Å². The molecule has 0 bridgehead atoms. The maximum Gasteiger partial charge on any atom is 0.345 e. The van der Waals surface area contributed by atoms with Crippen LogP contribution in [0.15, 0.2) is 39.8 Å². The van der Waals surface area contributed by atoms with Crippen molar-refractivity contribution in [2.24, 2.45) is 40.4 Å². The van der Waals surface area contributed by atoms with Gasteiger partial charge in [0.05, 0.1) is 23.9 Å². The average molecular weight is 662 g/mol. The fraction of sp³-hybridized carbons (Fsp3) is 0.649. The molecule has 3 unspecified atom stereocenters. The highest BCUT2D eigenvalue weighted by Gasteiger charge is 2.71. The number of hydrogen-bond acceptors (Lipinski definition) is 11. The Morgan fingerprint density at radius 2 is 1.58 bits per heavy atom. The number of aliphatic hydroxyl groups is 1. The van der Waals surface area contributed by atoms with Crippen LogP contribution in [-0.4, -0.2) is 52.4 Å². The van der Waals surface area contributed by atoms with Gasteiger partial charge in [0.2, 0.25) is 0 Å². The van der Waals surface area contributed by atoms with Gasteiger partial charge in [0.25, 0.3) is 0 Å². The first-order valence-electron chi connectivity index (χ1n) is 17.5. The molecule has 5 aliphatic carbocycles. The van der Waals surface area contributed by atoms with E-state index >= 15 is 0 Å². The molecule has 5 saturated carbocycles. The summed E-state index contributed by atoms with van der Waals surface area (Å²) in [5, 5.41) is 12.3. The molecule has 0 radical (unpaired) electrons. The lowest BCUT2D eigenvalue weighted by Crippen LogP contribution is -2.71. The van der Waals surface area contributed by atoms with Crippen molar-refractivity contribution in [2.45, 2.75) is 102 Å². The SMILES string of the molecule is CC1(COC(=O)C2CC2)C2C[C@H](OC(=O)C3CC3)[C@@]3(C)Oc4cc(-c5cccnc5)oc(=O)c4[C@H](O)C3[C@@]2(C)CC[C@@H]1OC(=O)C1CC1. The van der Waals surface area contributed by atoms with Crippen LogP contribution in [0.3, 0.4) is 0 Å². The van der Waals surface area contributed by atoms with Gasteiger partial charge < -0.3 is 28.5 Å². The Hall–Kier alpha value is -3.73. The van der Waals surface area contributed by atoms with E-state index in [1.165, 1.54) is 0 Å². The number of pyridine rings is 1. The molecule has 0 amide bonds. The van der Waals surface area contributed by atoms with Gasteiger partial charge in [-0.3, -0.25) is 19.4 Å². The van der Waals surface area contributed by atoms with Gasteiger partial charge in [-0.05, 0) is 88.2 Å². The highest BCUT2D eigenvalue weighted by atomic mass is 16.6. The summed E-state index contributed by atoms with van der Waals surface area (Å²) >= 11 is 0. The second kappa shape index (κ2) is 11.1. The summed E-state index contributed by atoms with van der Waals surface area (Å²) < 4.78 is 31.1. The number of hydrogen-bond donors (Lipinski definition) is 1. The molecule has 0 saturated heterocycles. The number of esters is 3. The molecule has 2 aromatic heterocycles. The first-order valence-corrected chi connectivity index (χ1v) is 17.5.